The van der Waals surface area contributed by atoms with Crippen LogP contribution in [0.5, 0.6) is 0 Å². The Bertz CT molecular complexity index is 280. The number of rotatable bonds is 1. The van der Waals surface area contributed by atoms with Gasteiger partial charge in [-0.1, -0.05) is 22.0 Å². The Morgan fingerprint density at radius 1 is 1.85 bits per heavy atom. The molecule has 0 radical (unpaired) electrons. The number of amides is 1. The van der Waals surface area contributed by atoms with E-state index in [9.17, 15) is 4.79 Å². The minimum atomic E-state index is -0.529. The summed E-state index contributed by atoms with van der Waals surface area (Å²) in [4.78, 5) is 13.2. The van der Waals surface area contributed by atoms with Gasteiger partial charge in [-0.05, 0) is 13.3 Å². The maximum Gasteiger partial charge on any atom is 0.239 e. The zero-order chi connectivity index (χ0) is 9.84. The van der Waals surface area contributed by atoms with E-state index in [-0.39, 0.29) is 5.91 Å². The summed E-state index contributed by atoms with van der Waals surface area (Å²) in [6, 6.07) is 1.95. The molecule has 70 valence electrons. The van der Waals surface area contributed by atoms with E-state index in [1.165, 1.54) is 0 Å². The van der Waals surface area contributed by atoms with Crippen molar-refractivity contribution in [2.24, 2.45) is 5.92 Å². The molecule has 0 aromatic heterocycles. The van der Waals surface area contributed by atoms with E-state index >= 15 is 0 Å². The van der Waals surface area contributed by atoms with Crippen molar-refractivity contribution in [2.45, 2.75) is 13.3 Å². The van der Waals surface area contributed by atoms with Gasteiger partial charge in [-0.25, -0.2) is 0 Å². The van der Waals surface area contributed by atoms with Gasteiger partial charge in [-0.2, -0.15) is 5.26 Å². The maximum atomic E-state index is 11.5. The van der Waals surface area contributed by atoms with Crippen LogP contribution in [0.25, 0.3) is 0 Å². The van der Waals surface area contributed by atoms with Crippen LogP contribution in [-0.4, -0.2) is 23.9 Å². The number of hydrogen-bond acceptors (Lipinski definition) is 2. The first-order chi connectivity index (χ1) is 6.15. The predicted octanol–water partition coefficient (Wildman–Crippen LogP) is 1.66. The summed E-state index contributed by atoms with van der Waals surface area (Å²) in [5.74, 6) is -0.606. The highest BCUT2D eigenvalue weighted by Gasteiger charge is 2.21. The lowest BCUT2D eigenvalue weighted by Gasteiger charge is -2.26. The van der Waals surface area contributed by atoms with Crippen LogP contribution in [0.3, 0.4) is 0 Å². The van der Waals surface area contributed by atoms with E-state index in [0.29, 0.717) is 6.54 Å². The predicted molar refractivity (Wildman–Crippen MR) is 53.0 cm³/mol. The monoisotopic (exact) mass is 242 g/mol. The van der Waals surface area contributed by atoms with Gasteiger partial charge in [-0.15, -0.1) is 0 Å². The SMILES string of the molecule is CC(C#N)C(=O)N1CCC=C(Br)C1. The molecule has 0 fully saturated rings. The van der Waals surface area contributed by atoms with Crippen molar-refractivity contribution in [3.05, 3.63) is 10.6 Å². The van der Waals surface area contributed by atoms with E-state index in [2.05, 4.69) is 22.0 Å². The Morgan fingerprint density at radius 3 is 3.08 bits per heavy atom. The third kappa shape index (κ3) is 2.56. The van der Waals surface area contributed by atoms with E-state index < -0.39 is 5.92 Å². The van der Waals surface area contributed by atoms with E-state index in [0.717, 1.165) is 17.4 Å². The van der Waals surface area contributed by atoms with Crippen molar-refractivity contribution >= 4 is 21.8 Å². The molecule has 1 aliphatic heterocycles. The van der Waals surface area contributed by atoms with Gasteiger partial charge in [0, 0.05) is 11.0 Å². The number of carbonyl (C=O) groups is 1. The van der Waals surface area contributed by atoms with Gasteiger partial charge >= 0.3 is 0 Å². The standard InChI is InChI=1S/C9H11BrN2O/c1-7(5-11)9(13)12-4-2-3-8(10)6-12/h3,7H,2,4,6H2,1H3. The summed E-state index contributed by atoms with van der Waals surface area (Å²) in [6.07, 6.45) is 2.92. The molecule has 1 atom stereocenters. The largest absolute Gasteiger partial charge is 0.336 e. The highest BCUT2D eigenvalue weighted by atomic mass is 79.9. The van der Waals surface area contributed by atoms with Crippen molar-refractivity contribution in [3.63, 3.8) is 0 Å². The zero-order valence-corrected chi connectivity index (χ0v) is 9.04. The summed E-state index contributed by atoms with van der Waals surface area (Å²) >= 11 is 3.35. The van der Waals surface area contributed by atoms with Gasteiger partial charge in [0.2, 0.25) is 5.91 Å². The molecule has 13 heavy (non-hydrogen) atoms. The Labute approximate surface area is 86.1 Å². The lowest BCUT2D eigenvalue weighted by atomic mass is 10.1. The third-order valence-corrected chi connectivity index (χ3v) is 2.56. The van der Waals surface area contributed by atoms with Gasteiger partial charge in [0.25, 0.3) is 0 Å². The van der Waals surface area contributed by atoms with E-state index in [1.54, 1.807) is 11.8 Å². The Hall–Kier alpha value is -0.820. The summed E-state index contributed by atoms with van der Waals surface area (Å²) in [5.41, 5.74) is 0. The number of hydrogen-bond donors (Lipinski definition) is 0. The molecule has 0 aromatic rings. The van der Waals surface area contributed by atoms with Crippen LogP contribution in [-0.2, 0) is 4.79 Å². The summed E-state index contributed by atoms with van der Waals surface area (Å²) < 4.78 is 1.03. The van der Waals surface area contributed by atoms with Gasteiger partial charge in [0.05, 0.1) is 12.6 Å². The van der Waals surface area contributed by atoms with Crippen LogP contribution in [0.1, 0.15) is 13.3 Å². The lowest BCUT2D eigenvalue weighted by Crippen LogP contribution is -2.37. The highest BCUT2D eigenvalue weighted by molar-refractivity contribution is 9.11. The molecular weight excluding hydrogens is 232 g/mol. The fourth-order valence-electron chi connectivity index (χ4n) is 1.22. The molecule has 0 saturated heterocycles. The average Bonchev–Trinajstić information content (AvgIpc) is 2.15. The first-order valence-corrected chi connectivity index (χ1v) is 4.97. The summed E-state index contributed by atoms with van der Waals surface area (Å²) in [7, 11) is 0. The van der Waals surface area contributed by atoms with Crippen LogP contribution >= 0.6 is 15.9 Å². The normalized spacial score (nSPS) is 18.8. The molecule has 0 saturated carbocycles. The Morgan fingerprint density at radius 2 is 2.54 bits per heavy atom. The van der Waals surface area contributed by atoms with Crippen molar-refractivity contribution in [2.75, 3.05) is 13.1 Å². The third-order valence-electron chi connectivity index (χ3n) is 1.98. The van der Waals surface area contributed by atoms with Gasteiger partial charge < -0.3 is 4.90 Å². The van der Waals surface area contributed by atoms with Crippen LogP contribution in [0.2, 0.25) is 0 Å². The van der Waals surface area contributed by atoms with Crippen LogP contribution in [0.15, 0.2) is 10.6 Å². The first-order valence-electron chi connectivity index (χ1n) is 4.18. The molecular formula is C9H11BrN2O. The van der Waals surface area contributed by atoms with Gasteiger partial charge in [-0.3, -0.25) is 4.79 Å². The molecule has 4 heteroatoms. The second-order valence-corrected chi connectivity index (χ2v) is 4.07. The van der Waals surface area contributed by atoms with Crippen molar-refractivity contribution in [1.82, 2.24) is 4.90 Å². The fourth-order valence-corrected chi connectivity index (χ4v) is 1.75. The van der Waals surface area contributed by atoms with E-state index in [1.807, 2.05) is 6.07 Å². The fraction of sp³-hybridized carbons (Fsp3) is 0.556. The number of halogens is 1. The smallest absolute Gasteiger partial charge is 0.239 e. The van der Waals surface area contributed by atoms with Crippen LogP contribution in [0.4, 0.5) is 0 Å². The number of nitriles is 1. The van der Waals surface area contributed by atoms with Crippen molar-refractivity contribution in [3.8, 4) is 6.07 Å². The Kier molecular flexibility index (Phi) is 3.49. The molecule has 1 aliphatic rings. The molecule has 1 heterocycles. The quantitative estimate of drug-likeness (QED) is 0.702. The summed E-state index contributed by atoms with van der Waals surface area (Å²) in [5, 5.41) is 8.58. The minimum absolute atomic E-state index is 0.0763. The van der Waals surface area contributed by atoms with Gasteiger partial charge in [0.15, 0.2) is 0 Å². The minimum Gasteiger partial charge on any atom is -0.336 e. The summed E-state index contributed by atoms with van der Waals surface area (Å²) in [6.45, 7) is 2.96. The Balaban J connectivity index is 2.60. The molecule has 1 amide bonds. The molecule has 0 bridgehead atoms. The molecule has 0 aromatic carbocycles. The average molecular weight is 243 g/mol. The van der Waals surface area contributed by atoms with Crippen LogP contribution in [0, 0.1) is 17.2 Å². The second kappa shape index (κ2) is 4.43. The van der Waals surface area contributed by atoms with Crippen molar-refractivity contribution < 1.29 is 4.79 Å². The van der Waals surface area contributed by atoms with Crippen LogP contribution < -0.4 is 0 Å². The molecule has 1 rings (SSSR count). The van der Waals surface area contributed by atoms with Gasteiger partial charge in [0.1, 0.15) is 5.92 Å². The van der Waals surface area contributed by atoms with E-state index in [4.69, 9.17) is 5.26 Å². The molecule has 0 spiro atoms. The maximum absolute atomic E-state index is 11.5. The molecule has 1 unspecified atom stereocenters. The number of nitrogens with zero attached hydrogens (tertiary/aromatic N) is 2. The number of carbonyl (C=O) groups excluding carboxylic acids is 1. The molecule has 0 N–H and O–H groups in total. The highest BCUT2D eigenvalue weighted by Crippen LogP contribution is 2.16. The van der Waals surface area contributed by atoms with Crippen molar-refractivity contribution in [1.29, 1.82) is 5.26 Å². The topological polar surface area (TPSA) is 44.1 Å². The second-order valence-electron chi connectivity index (χ2n) is 3.05. The first kappa shape index (κ1) is 10.3. The zero-order valence-electron chi connectivity index (χ0n) is 7.46. The molecule has 0 aliphatic carbocycles. The lowest BCUT2D eigenvalue weighted by molar-refractivity contribution is -0.132. The molecule has 3 nitrogen and oxygen atoms in total.